The van der Waals surface area contributed by atoms with E-state index in [1.165, 1.54) is 12.8 Å². The smallest absolute Gasteiger partial charge is 0.308 e. The second-order valence-electron chi connectivity index (χ2n) is 5.35. The summed E-state index contributed by atoms with van der Waals surface area (Å²) in [5.74, 6) is 0.0859. The average molecular weight is 255 g/mol. The highest BCUT2D eigenvalue weighted by atomic mass is 16.5. The van der Waals surface area contributed by atoms with Gasteiger partial charge in [-0.25, -0.2) is 0 Å². The summed E-state index contributed by atoms with van der Waals surface area (Å²) in [5, 5.41) is 3.44. The lowest BCUT2D eigenvalue weighted by Crippen LogP contribution is -2.32. The summed E-state index contributed by atoms with van der Waals surface area (Å²) < 4.78 is 11.0. The van der Waals surface area contributed by atoms with Crippen LogP contribution < -0.4 is 5.32 Å². The summed E-state index contributed by atoms with van der Waals surface area (Å²) in [4.78, 5) is 11.6. The number of carbonyl (C=O) groups excluding carboxylic acids is 1. The van der Waals surface area contributed by atoms with E-state index in [1.807, 2.05) is 6.92 Å². The molecule has 1 N–H and O–H groups in total. The fraction of sp³-hybridized carbons (Fsp3) is 0.929. The molecule has 1 atom stereocenters. The van der Waals surface area contributed by atoms with Crippen molar-refractivity contribution in [2.45, 2.75) is 57.6 Å². The topological polar surface area (TPSA) is 47.6 Å². The van der Waals surface area contributed by atoms with Crippen molar-refractivity contribution in [3.05, 3.63) is 0 Å². The van der Waals surface area contributed by atoms with Gasteiger partial charge in [-0.2, -0.15) is 0 Å². The standard InChI is InChI=1S/C14H25NO3/c1-2-17-14(16)11-5-7-13(8-6-11)18-10-12-4-3-9-15-12/h11-13,15H,2-10H2,1H3/t11?,12-,13?/m0/s1. The molecule has 2 fully saturated rings. The molecule has 0 radical (unpaired) electrons. The van der Waals surface area contributed by atoms with E-state index < -0.39 is 0 Å². The summed E-state index contributed by atoms with van der Waals surface area (Å²) in [6.07, 6.45) is 6.68. The largest absolute Gasteiger partial charge is 0.466 e. The van der Waals surface area contributed by atoms with Crippen molar-refractivity contribution in [2.24, 2.45) is 5.92 Å². The quantitative estimate of drug-likeness (QED) is 0.762. The van der Waals surface area contributed by atoms with Crippen molar-refractivity contribution in [3.8, 4) is 0 Å². The van der Waals surface area contributed by atoms with Gasteiger partial charge >= 0.3 is 5.97 Å². The molecule has 1 saturated heterocycles. The Kier molecular flexibility index (Phi) is 5.45. The van der Waals surface area contributed by atoms with E-state index in [4.69, 9.17) is 9.47 Å². The first-order chi connectivity index (χ1) is 8.79. The van der Waals surface area contributed by atoms with Crippen LogP contribution in [0.3, 0.4) is 0 Å². The maximum Gasteiger partial charge on any atom is 0.308 e. The maximum absolute atomic E-state index is 11.6. The molecular weight excluding hydrogens is 230 g/mol. The van der Waals surface area contributed by atoms with E-state index in [9.17, 15) is 4.79 Å². The minimum absolute atomic E-state index is 0.0200. The van der Waals surface area contributed by atoms with Gasteiger partial charge in [0.1, 0.15) is 0 Å². The van der Waals surface area contributed by atoms with Gasteiger partial charge in [0.25, 0.3) is 0 Å². The summed E-state index contributed by atoms with van der Waals surface area (Å²) in [7, 11) is 0. The van der Waals surface area contributed by atoms with Crippen molar-refractivity contribution >= 4 is 5.97 Å². The van der Waals surface area contributed by atoms with Crippen LogP contribution in [0.1, 0.15) is 45.4 Å². The molecule has 0 aromatic carbocycles. The number of hydrogen-bond acceptors (Lipinski definition) is 4. The summed E-state index contributed by atoms with van der Waals surface area (Å²) in [6.45, 7) is 4.31. The molecule has 104 valence electrons. The third-order valence-corrected chi connectivity index (χ3v) is 3.99. The van der Waals surface area contributed by atoms with E-state index in [0.29, 0.717) is 18.8 Å². The zero-order valence-corrected chi connectivity index (χ0v) is 11.3. The normalized spacial score (nSPS) is 32.4. The molecule has 4 heteroatoms. The predicted octanol–water partition coefficient (Wildman–Crippen LogP) is 1.88. The van der Waals surface area contributed by atoms with Crippen LogP contribution in [0.4, 0.5) is 0 Å². The van der Waals surface area contributed by atoms with Gasteiger partial charge in [0.05, 0.1) is 25.2 Å². The molecule has 4 nitrogen and oxygen atoms in total. The first-order valence-electron chi connectivity index (χ1n) is 7.31. The minimum atomic E-state index is -0.0200. The highest BCUT2D eigenvalue weighted by molar-refractivity contribution is 5.72. The van der Waals surface area contributed by atoms with Crippen LogP contribution in [0.2, 0.25) is 0 Å². The lowest BCUT2D eigenvalue weighted by molar-refractivity contribution is -0.150. The van der Waals surface area contributed by atoms with Crippen LogP contribution in [0.25, 0.3) is 0 Å². The molecule has 2 rings (SSSR count). The molecule has 2 aliphatic rings. The Bertz CT molecular complexity index is 256. The number of hydrogen-bond donors (Lipinski definition) is 1. The van der Waals surface area contributed by atoms with Crippen molar-refractivity contribution in [1.29, 1.82) is 0 Å². The second-order valence-corrected chi connectivity index (χ2v) is 5.35. The number of rotatable bonds is 5. The first kappa shape index (κ1) is 13.8. The van der Waals surface area contributed by atoms with E-state index in [2.05, 4.69) is 5.32 Å². The monoisotopic (exact) mass is 255 g/mol. The Balaban J connectivity index is 1.62. The van der Waals surface area contributed by atoms with Crippen LogP contribution in [0.5, 0.6) is 0 Å². The van der Waals surface area contributed by atoms with Crippen molar-refractivity contribution in [1.82, 2.24) is 5.32 Å². The summed E-state index contributed by atoms with van der Waals surface area (Å²) >= 11 is 0. The SMILES string of the molecule is CCOC(=O)C1CCC(OC[C@@H]2CCCN2)CC1. The molecule has 0 bridgehead atoms. The third kappa shape index (κ3) is 3.95. The molecule has 0 aromatic rings. The fourth-order valence-electron chi connectivity index (χ4n) is 2.88. The highest BCUT2D eigenvalue weighted by Gasteiger charge is 2.28. The minimum Gasteiger partial charge on any atom is -0.466 e. The van der Waals surface area contributed by atoms with E-state index in [0.717, 1.165) is 38.8 Å². The van der Waals surface area contributed by atoms with E-state index >= 15 is 0 Å². The van der Waals surface area contributed by atoms with Gasteiger partial charge in [0.15, 0.2) is 0 Å². The Hall–Kier alpha value is -0.610. The number of nitrogens with one attached hydrogen (secondary N) is 1. The van der Waals surface area contributed by atoms with Gasteiger partial charge in [-0.05, 0) is 52.0 Å². The van der Waals surface area contributed by atoms with Gasteiger partial charge in [-0.15, -0.1) is 0 Å². The molecular formula is C14H25NO3. The van der Waals surface area contributed by atoms with Gasteiger partial charge in [-0.3, -0.25) is 4.79 Å². The molecule has 0 spiro atoms. The van der Waals surface area contributed by atoms with Gasteiger partial charge in [0, 0.05) is 6.04 Å². The number of carbonyl (C=O) groups is 1. The van der Waals surface area contributed by atoms with Crippen LogP contribution >= 0.6 is 0 Å². The molecule has 1 aliphatic carbocycles. The predicted molar refractivity (Wildman–Crippen MR) is 69.4 cm³/mol. The Morgan fingerprint density at radius 1 is 1.22 bits per heavy atom. The zero-order valence-electron chi connectivity index (χ0n) is 11.3. The van der Waals surface area contributed by atoms with Gasteiger partial charge in [-0.1, -0.05) is 0 Å². The molecule has 1 aliphatic heterocycles. The molecule has 1 saturated carbocycles. The number of esters is 1. The van der Waals surface area contributed by atoms with Crippen molar-refractivity contribution in [2.75, 3.05) is 19.8 Å². The van der Waals surface area contributed by atoms with Crippen LogP contribution in [0, 0.1) is 5.92 Å². The van der Waals surface area contributed by atoms with Crippen LogP contribution in [-0.2, 0) is 14.3 Å². The molecule has 0 amide bonds. The number of ether oxygens (including phenoxy) is 2. The Labute approximate surface area is 109 Å². The van der Waals surface area contributed by atoms with Crippen LogP contribution in [-0.4, -0.2) is 37.9 Å². The average Bonchev–Trinajstić information content (AvgIpc) is 2.90. The highest BCUT2D eigenvalue weighted by Crippen LogP contribution is 2.27. The Morgan fingerprint density at radius 2 is 2.00 bits per heavy atom. The van der Waals surface area contributed by atoms with Gasteiger partial charge in [0.2, 0.25) is 0 Å². The van der Waals surface area contributed by atoms with E-state index in [1.54, 1.807) is 0 Å². The van der Waals surface area contributed by atoms with E-state index in [-0.39, 0.29) is 11.9 Å². The fourth-order valence-corrected chi connectivity index (χ4v) is 2.88. The van der Waals surface area contributed by atoms with Gasteiger partial charge < -0.3 is 14.8 Å². The molecule has 0 unspecified atom stereocenters. The van der Waals surface area contributed by atoms with Crippen molar-refractivity contribution < 1.29 is 14.3 Å². The molecule has 1 heterocycles. The Morgan fingerprint density at radius 3 is 2.61 bits per heavy atom. The zero-order chi connectivity index (χ0) is 12.8. The molecule has 18 heavy (non-hydrogen) atoms. The van der Waals surface area contributed by atoms with Crippen molar-refractivity contribution in [3.63, 3.8) is 0 Å². The lowest BCUT2D eigenvalue weighted by atomic mass is 9.87. The molecule has 0 aromatic heterocycles. The third-order valence-electron chi connectivity index (χ3n) is 3.99. The summed E-state index contributed by atoms with van der Waals surface area (Å²) in [6, 6.07) is 0.549. The second kappa shape index (κ2) is 7.10. The maximum atomic E-state index is 11.6. The summed E-state index contributed by atoms with van der Waals surface area (Å²) in [5.41, 5.74) is 0. The first-order valence-corrected chi connectivity index (χ1v) is 7.31. The lowest BCUT2D eigenvalue weighted by Gasteiger charge is -2.28. The van der Waals surface area contributed by atoms with Crippen LogP contribution in [0.15, 0.2) is 0 Å².